The van der Waals surface area contributed by atoms with Gasteiger partial charge in [0, 0.05) is 25.7 Å². The second-order valence-corrected chi connectivity index (χ2v) is 13.8. The normalized spacial score (nSPS) is 21.5. The molecule has 0 aromatic heterocycles. The fourth-order valence-electron chi connectivity index (χ4n) is 5.25. The third kappa shape index (κ3) is 8.20. The number of halogens is 2. The molecule has 1 aromatic carbocycles. The number of likely N-dealkylation sites (tertiary alicyclic amines) is 1. The van der Waals surface area contributed by atoms with Crippen LogP contribution in [0.25, 0.3) is 0 Å². The molecule has 1 N–H and O–H groups in total. The number of hydrogen-bond donors (Lipinski definition) is 1. The average Bonchev–Trinajstić information content (AvgIpc) is 3.56. The maximum absolute atomic E-state index is 14.7. The largest absolute Gasteiger partial charge is 0.492 e. The highest BCUT2D eigenvalue weighted by atomic mass is 35.5. The predicted octanol–water partition coefficient (Wildman–Crippen LogP) is 4.51. The van der Waals surface area contributed by atoms with Crippen LogP contribution in [0.2, 0.25) is 5.02 Å². The van der Waals surface area contributed by atoms with Gasteiger partial charge < -0.3 is 19.1 Å². The molecule has 224 valence electrons. The number of nitrogens with zero attached hydrogens (tertiary/aromatic N) is 2. The fourth-order valence-corrected chi connectivity index (χ4v) is 6.63. The second kappa shape index (κ2) is 12.8. The van der Waals surface area contributed by atoms with Crippen LogP contribution in [0.15, 0.2) is 12.1 Å². The van der Waals surface area contributed by atoms with Gasteiger partial charge in [-0.15, -0.1) is 0 Å². The van der Waals surface area contributed by atoms with Gasteiger partial charge in [0.2, 0.25) is 0 Å². The Hall–Kier alpha value is -2.15. The van der Waals surface area contributed by atoms with Crippen LogP contribution < -0.4 is 9.46 Å². The standard InChI is InChI=1S/C27H39ClFN3O7S/c1-27(2,3)39-26(34)31-11-8-20(16-31)38-19-9-12-32(13-10-19)40(35,36)30-25(33)21-14-22(28)24(15-23(21)29)37-17-18-6-4-5-7-18/h14-15,18-20H,4-13,16-17H2,1-3H3,(H,30,33)/t20-/m0/s1. The highest BCUT2D eigenvalue weighted by molar-refractivity contribution is 7.87. The molecule has 40 heavy (non-hydrogen) atoms. The van der Waals surface area contributed by atoms with Crippen molar-refractivity contribution in [3.63, 3.8) is 0 Å². The van der Waals surface area contributed by atoms with Crippen LogP contribution >= 0.6 is 11.6 Å². The minimum atomic E-state index is -4.21. The van der Waals surface area contributed by atoms with Crippen molar-refractivity contribution in [3.05, 3.63) is 28.5 Å². The van der Waals surface area contributed by atoms with Gasteiger partial charge in [0.25, 0.3) is 5.91 Å². The van der Waals surface area contributed by atoms with Gasteiger partial charge in [-0.25, -0.2) is 13.9 Å². The molecule has 13 heteroatoms. The summed E-state index contributed by atoms with van der Waals surface area (Å²) in [7, 11) is -4.21. The summed E-state index contributed by atoms with van der Waals surface area (Å²) in [6, 6.07) is 2.11. The number of rotatable bonds is 8. The lowest BCUT2D eigenvalue weighted by atomic mass is 10.1. The first kappa shape index (κ1) is 30.8. The SMILES string of the molecule is CC(C)(C)OC(=O)N1CC[C@H](OC2CCN(S(=O)(=O)NC(=O)c3cc(Cl)c(OCC4CCCC4)cc3F)CC2)C1. The Morgan fingerprint density at radius 3 is 2.35 bits per heavy atom. The molecule has 0 unspecified atom stereocenters. The van der Waals surface area contributed by atoms with E-state index in [0.29, 0.717) is 44.9 Å². The summed E-state index contributed by atoms with van der Waals surface area (Å²) >= 11 is 6.22. The van der Waals surface area contributed by atoms with Gasteiger partial charge in [-0.05, 0) is 64.9 Å². The molecule has 2 amide bonds. The second-order valence-electron chi connectivity index (χ2n) is 11.7. The van der Waals surface area contributed by atoms with Gasteiger partial charge in [0.15, 0.2) is 0 Å². The molecule has 0 bridgehead atoms. The maximum atomic E-state index is 14.7. The van der Waals surface area contributed by atoms with E-state index in [4.69, 9.17) is 25.8 Å². The molecule has 2 aliphatic heterocycles. The van der Waals surface area contributed by atoms with Gasteiger partial charge in [-0.1, -0.05) is 24.4 Å². The van der Waals surface area contributed by atoms with Crippen LogP contribution in [0, 0.1) is 11.7 Å². The van der Waals surface area contributed by atoms with Crippen molar-refractivity contribution in [3.8, 4) is 5.75 Å². The maximum Gasteiger partial charge on any atom is 0.410 e. The van der Waals surface area contributed by atoms with Gasteiger partial charge in [-0.2, -0.15) is 12.7 Å². The van der Waals surface area contributed by atoms with E-state index in [1.165, 1.54) is 0 Å². The Balaban J connectivity index is 1.25. The van der Waals surface area contributed by atoms with Crippen molar-refractivity contribution in [1.29, 1.82) is 0 Å². The van der Waals surface area contributed by atoms with Crippen LogP contribution in [0.1, 0.15) is 76.1 Å². The molecule has 1 saturated carbocycles. The van der Waals surface area contributed by atoms with E-state index < -0.39 is 33.1 Å². The van der Waals surface area contributed by atoms with E-state index in [-0.39, 0.29) is 42.2 Å². The first-order valence-electron chi connectivity index (χ1n) is 13.9. The molecular weight excluding hydrogens is 565 g/mol. The molecule has 2 heterocycles. The number of benzene rings is 1. The van der Waals surface area contributed by atoms with Crippen LogP contribution in [-0.4, -0.2) is 80.2 Å². The number of amides is 2. The summed E-state index contributed by atoms with van der Waals surface area (Å²) in [5, 5.41) is 0.0389. The Labute approximate surface area is 240 Å². The summed E-state index contributed by atoms with van der Waals surface area (Å²) < 4.78 is 60.8. The fraction of sp³-hybridized carbons (Fsp3) is 0.704. The summed E-state index contributed by atoms with van der Waals surface area (Å²) in [6.45, 7) is 7.08. The molecule has 1 atom stereocenters. The van der Waals surface area contributed by atoms with Gasteiger partial charge in [0.05, 0.1) is 35.9 Å². The molecule has 0 spiro atoms. The Kier molecular flexibility index (Phi) is 9.85. The van der Waals surface area contributed by atoms with Crippen LogP contribution in [-0.2, 0) is 19.7 Å². The van der Waals surface area contributed by atoms with E-state index in [2.05, 4.69) is 0 Å². The Morgan fingerprint density at radius 1 is 1.05 bits per heavy atom. The first-order valence-corrected chi connectivity index (χ1v) is 15.7. The smallest absolute Gasteiger partial charge is 0.410 e. The molecule has 1 aromatic rings. The average molecular weight is 604 g/mol. The molecule has 1 aliphatic carbocycles. The zero-order valence-electron chi connectivity index (χ0n) is 23.3. The van der Waals surface area contributed by atoms with Gasteiger partial charge >= 0.3 is 16.3 Å². The summed E-state index contributed by atoms with van der Waals surface area (Å²) in [6.07, 6.45) is 5.19. The minimum Gasteiger partial charge on any atom is -0.492 e. The summed E-state index contributed by atoms with van der Waals surface area (Å²) in [4.78, 5) is 26.6. The van der Waals surface area contributed by atoms with Crippen LogP contribution in [0.5, 0.6) is 5.75 Å². The minimum absolute atomic E-state index is 0.0389. The zero-order valence-corrected chi connectivity index (χ0v) is 24.9. The predicted molar refractivity (Wildman–Crippen MR) is 147 cm³/mol. The van der Waals surface area contributed by atoms with E-state index in [1.807, 2.05) is 25.5 Å². The van der Waals surface area contributed by atoms with E-state index in [1.54, 1.807) is 4.90 Å². The number of hydrogen-bond acceptors (Lipinski definition) is 7. The number of ether oxygens (including phenoxy) is 3. The quantitative estimate of drug-likeness (QED) is 0.465. The summed E-state index contributed by atoms with van der Waals surface area (Å²) in [5.41, 5.74) is -1.05. The van der Waals surface area contributed by atoms with E-state index in [0.717, 1.165) is 42.1 Å². The van der Waals surface area contributed by atoms with Crippen LogP contribution in [0.3, 0.4) is 0 Å². The number of carbonyl (C=O) groups is 2. The van der Waals surface area contributed by atoms with Gasteiger partial charge in [0.1, 0.15) is 17.2 Å². The van der Waals surface area contributed by atoms with Crippen molar-refractivity contribution in [2.24, 2.45) is 5.92 Å². The highest BCUT2D eigenvalue weighted by Crippen LogP contribution is 2.31. The first-order chi connectivity index (χ1) is 18.8. The summed E-state index contributed by atoms with van der Waals surface area (Å²) in [5.74, 6) is -1.49. The molecule has 2 saturated heterocycles. The van der Waals surface area contributed by atoms with Crippen molar-refractivity contribution in [2.75, 3.05) is 32.8 Å². The molecule has 3 fully saturated rings. The molecule has 4 rings (SSSR count). The zero-order chi connectivity index (χ0) is 29.1. The third-order valence-electron chi connectivity index (χ3n) is 7.36. The Bertz CT molecular complexity index is 1180. The number of nitrogens with one attached hydrogen (secondary N) is 1. The number of piperidine rings is 1. The Morgan fingerprint density at radius 2 is 1.70 bits per heavy atom. The topological polar surface area (TPSA) is 114 Å². The van der Waals surface area contributed by atoms with Crippen molar-refractivity contribution >= 4 is 33.8 Å². The third-order valence-corrected chi connectivity index (χ3v) is 9.14. The highest BCUT2D eigenvalue weighted by Gasteiger charge is 2.35. The molecular formula is C27H39ClFN3O7S. The lowest BCUT2D eigenvalue weighted by Gasteiger charge is -2.32. The number of carbonyl (C=O) groups excluding carboxylic acids is 2. The van der Waals surface area contributed by atoms with Crippen LogP contribution in [0.4, 0.5) is 9.18 Å². The molecule has 3 aliphatic rings. The molecule has 0 radical (unpaired) electrons. The van der Waals surface area contributed by atoms with E-state index >= 15 is 0 Å². The monoisotopic (exact) mass is 603 g/mol. The molecule has 10 nitrogen and oxygen atoms in total. The van der Waals surface area contributed by atoms with Gasteiger partial charge in [-0.3, -0.25) is 4.79 Å². The lowest BCUT2D eigenvalue weighted by Crippen LogP contribution is -2.48. The van der Waals surface area contributed by atoms with E-state index in [9.17, 15) is 22.4 Å². The van der Waals surface area contributed by atoms with Crippen molar-refractivity contribution in [1.82, 2.24) is 13.9 Å². The van der Waals surface area contributed by atoms with Crippen molar-refractivity contribution < 1.29 is 36.6 Å². The lowest BCUT2D eigenvalue weighted by molar-refractivity contribution is -0.0307. The van der Waals surface area contributed by atoms with Crippen molar-refractivity contribution in [2.45, 2.75) is 83.5 Å².